The average molecular weight is 322 g/mol. The lowest BCUT2D eigenvalue weighted by Crippen LogP contribution is -2.28. The van der Waals surface area contributed by atoms with E-state index in [-0.39, 0.29) is 5.91 Å². The smallest absolute Gasteiger partial charge is 0.257 e. The molecule has 0 saturated heterocycles. The fourth-order valence-electron chi connectivity index (χ4n) is 1.77. The minimum absolute atomic E-state index is 0.0419. The highest BCUT2D eigenvalue weighted by Crippen LogP contribution is 2.22. The fourth-order valence-corrected chi connectivity index (χ4v) is 2.44. The van der Waals surface area contributed by atoms with E-state index in [9.17, 15) is 4.79 Å². The Labute approximate surface area is 134 Å². The maximum atomic E-state index is 11.7. The molecule has 0 radical (unpaired) electrons. The van der Waals surface area contributed by atoms with Crippen molar-refractivity contribution in [1.29, 1.82) is 0 Å². The Balaban J connectivity index is 1.61. The molecule has 0 fully saturated rings. The molecule has 1 heterocycles. The third kappa shape index (κ3) is 5.69. The lowest BCUT2D eigenvalue weighted by Gasteiger charge is -2.07. The van der Waals surface area contributed by atoms with Crippen LogP contribution in [0.5, 0.6) is 0 Å². The molecular weight excluding hydrogens is 300 g/mol. The highest BCUT2D eigenvalue weighted by Gasteiger charge is 2.08. The third-order valence-corrected chi connectivity index (χ3v) is 3.84. The largest absolute Gasteiger partial charge is 0.431 e. The van der Waals surface area contributed by atoms with E-state index in [0.717, 1.165) is 24.1 Å². The third-order valence-electron chi connectivity index (χ3n) is 3.01. The van der Waals surface area contributed by atoms with Crippen molar-refractivity contribution < 1.29 is 13.9 Å². The molecule has 0 bridgehead atoms. The first-order chi connectivity index (χ1) is 10.6. The van der Waals surface area contributed by atoms with E-state index in [1.54, 1.807) is 0 Å². The van der Waals surface area contributed by atoms with Crippen molar-refractivity contribution in [2.45, 2.75) is 25.5 Å². The predicted molar refractivity (Wildman–Crippen MR) is 88.0 cm³/mol. The van der Waals surface area contributed by atoms with Crippen LogP contribution in [0.1, 0.15) is 20.3 Å². The van der Waals surface area contributed by atoms with Gasteiger partial charge in [-0.25, -0.2) is 4.98 Å². The summed E-state index contributed by atoms with van der Waals surface area (Å²) in [6.07, 6.45) is 1.04. The van der Waals surface area contributed by atoms with Gasteiger partial charge in [-0.15, -0.1) is 0 Å². The van der Waals surface area contributed by atoms with Crippen molar-refractivity contribution in [3.8, 4) is 0 Å². The van der Waals surface area contributed by atoms with Gasteiger partial charge in [0, 0.05) is 13.2 Å². The topological polar surface area (TPSA) is 64.4 Å². The summed E-state index contributed by atoms with van der Waals surface area (Å²) >= 11 is 1.30. The normalized spacial score (nSPS) is 11.2. The number of rotatable bonds is 9. The molecule has 2 rings (SSSR count). The summed E-state index contributed by atoms with van der Waals surface area (Å²) in [6, 6.07) is 7.55. The molecule has 1 aromatic heterocycles. The zero-order valence-electron chi connectivity index (χ0n) is 13.0. The standard InChI is InChI=1S/C16H22N2O3S/c1-12(2)7-9-20-10-8-17-15(19)11-22-16-18-13-5-3-4-6-14(13)21-16/h3-6,12H,7-11H2,1-2H3,(H,17,19). The van der Waals surface area contributed by atoms with Gasteiger partial charge in [0.15, 0.2) is 5.58 Å². The quantitative estimate of drug-likeness (QED) is 0.568. The number of para-hydroxylation sites is 2. The van der Waals surface area contributed by atoms with Gasteiger partial charge in [-0.3, -0.25) is 4.79 Å². The number of hydrogen-bond donors (Lipinski definition) is 1. The Bertz CT molecular complexity index is 565. The van der Waals surface area contributed by atoms with Crippen molar-refractivity contribution in [2.75, 3.05) is 25.5 Å². The summed E-state index contributed by atoms with van der Waals surface area (Å²) < 4.78 is 11.0. The van der Waals surface area contributed by atoms with E-state index in [0.29, 0.717) is 30.0 Å². The molecule has 2 aromatic rings. The van der Waals surface area contributed by atoms with Crippen molar-refractivity contribution in [1.82, 2.24) is 10.3 Å². The molecule has 0 aliphatic heterocycles. The second kappa shape index (κ2) is 8.80. The number of amides is 1. The molecule has 6 heteroatoms. The van der Waals surface area contributed by atoms with E-state index >= 15 is 0 Å². The molecular formula is C16H22N2O3S. The zero-order valence-corrected chi connectivity index (χ0v) is 13.8. The molecule has 0 spiro atoms. The number of carbonyl (C=O) groups is 1. The van der Waals surface area contributed by atoms with Gasteiger partial charge in [0.25, 0.3) is 5.22 Å². The van der Waals surface area contributed by atoms with Gasteiger partial charge < -0.3 is 14.5 Å². The van der Waals surface area contributed by atoms with Gasteiger partial charge in [-0.05, 0) is 24.5 Å². The molecule has 22 heavy (non-hydrogen) atoms. The minimum Gasteiger partial charge on any atom is -0.431 e. The van der Waals surface area contributed by atoms with Crippen LogP contribution >= 0.6 is 11.8 Å². The summed E-state index contributed by atoms with van der Waals surface area (Å²) in [5.41, 5.74) is 1.55. The van der Waals surface area contributed by atoms with E-state index in [1.165, 1.54) is 11.8 Å². The van der Waals surface area contributed by atoms with Crippen molar-refractivity contribution in [3.05, 3.63) is 24.3 Å². The summed E-state index contributed by atoms with van der Waals surface area (Å²) in [4.78, 5) is 16.0. The number of oxazole rings is 1. The first kappa shape index (κ1) is 16.8. The van der Waals surface area contributed by atoms with Crippen LogP contribution in [-0.2, 0) is 9.53 Å². The molecule has 120 valence electrons. The number of benzene rings is 1. The SMILES string of the molecule is CC(C)CCOCCNC(=O)CSc1nc2ccccc2o1. The van der Waals surface area contributed by atoms with Crippen LogP contribution in [0.25, 0.3) is 11.1 Å². The Kier molecular flexibility index (Phi) is 6.74. The second-order valence-corrected chi connectivity index (χ2v) is 6.31. The Hall–Kier alpha value is -1.53. The van der Waals surface area contributed by atoms with Crippen molar-refractivity contribution >= 4 is 28.8 Å². The van der Waals surface area contributed by atoms with Gasteiger partial charge in [0.05, 0.1) is 12.4 Å². The predicted octanol–water partition coefficient (Wildman–Crippen LogP) is 3.10. The number of carbonyl (C=O) groups excluding carboxylic acids is 1. The number of ether oxygens (including phenoxy) is 1. The number of nitrogens with zero attached hydrogens (tertiary/aromatic N) is 1. The molecule has 5 nitrogen and oxygen atoms in total. The van der Waals surface area contributed by atoms with E-state index in [1.807, 2.05) is 24.3 Å². The van der Waals surface area contributed by atoms with E-state index < -0.39 is 0 Å². The van der Waals surface area contributed by atoms with Crippen LogP contribution in [0.4, 0.5) is 0 Å². The summed E-state index contributed by atoms with van der Waals surface area (Å²) in [5, 5.41) is 3.34. The number of hydrogen-bond acceptors (Lipinski definition) is 5. The maximum Gasteiger partial charge on any atom is 0.257 e. The first-order valence-corrected chi connectivity index (χ1v) is 8.46. The molecule has 0 aliphatic rings. The van der Waals surface area contributed by atoms with Crippen LogP contribution in [0.15, 0.2) is 33.9 Å². The van der Waals surface area contributed by atoms with E-state index in [2.05, 4.69) is 24.1 Å². The van der Waals surface area contributed by atoms with Gasteiger partial charge in [-0.2, -0.15) is 0 Å². The summed E-state index contributed by atoms with van der Waals surface area (Å²) in [7, 11) is 0. The summed E-state index contributed by atoms with van der Waals surface area (Å²) in [6.45, 7) is 6.14. The van der Waals surface area contributed by atoms with Gasteiger partial charge >= 0.3 is 0 Å². The highest BCUT2D eigenvalue weighted by molar-refractivity contribution is 7.99. The Morgan fingerprint density at radius 3 is 2.95 bits per heavy atom. The molecule has 0 aliphatic carbocycles. The number of nitrogens with one attached hydrogen (secondary N) is 1. The fraction of sp³-hybridized carbons (Fsp3) is 0.500. The lowest BCUT2D eigenvalue weighted by atomic mass is 10.1. The lowest BCUT2D eigenvalue weighted by molar-refractivity contribution is -0.118. The average Bonchev–Trinajstić information content (AvgIpc) is 2.91. The number of fused-ring (bicyclic) bond motifs is 1. The maximum absolute atomic E-state index is 11.7. The molecule has 1 amide bonds. The monoisotopic (exact) mass is 322 g/mol. The molecule has 0 unspecified atom stereocenters. The van der Waals surface area contributed by atoms with Crippen molar-refractivity contribution in [2.24, 2.45) is 5.92 Å². The second-order valence-electron chi connectivity index (χ2n) is 5.38. The van der Waals surface area contributed by atoms with Gasteiger partial charge in [0.1, 0.15) is 5.52 Å². The van der Waals surface area contributed by atoms with Crippen LogP contribution in [0.2, 0.25) is 0 Å². The highest BCUT2D eigenvalue weighted by atomic mass is 32.2. The molecule has 0 saturated carbocycles. The Morgan fingerprint density at radius 2 is 2.18 bits per heavy atom. The molecule has 1 aromatic carbocycles. The molecule has 0 atom stereocenters. The zero-order chi connectivity index (χ0) is 15.8. The van der Waals surface area contributed by atoms with Gasteiger partial charge in [-0.1, -0.05) is 37.7 Å². The van der Waals surface area contributed by atoms with Gasteiger partial charge in [0.2, 0.25) is 5.91 Å². The summed E-state index contributed by atoms with van der Waals surface area (Å²) in [5.74, 6) is 0.890. The van der Waals surface area contributed by atoms with E-state index in [4.69, 9.17) is 9.15 Å². The van der Waals surface area contributed by atoms with Crippen LogP contribution in [-0.4, -0.2) is 36.4 Å². The van der Waals surface area contributed by atoms with Crippen molar-refractivity contribution in [3.63, 3.8) is 0 Å². The Morgan fingerprint density at radius 1 is 1.36 bits per heavy atom. The van der Waals surface area contributed by atoms with Crippen LogP contribution in [0.3, 0.4) is 0 Å². The number of aromatic nitrogens is 1. The van der Waals surface area contributed by atoms with Crippen LogP contribution in [0, 0.1) is 5.92 Å². The molecule has 1 N–H and O–H groups in total. The minimum atomic E-state index is -0.0419. The number of thioether (sulfide) groups is 1. The van der Waals surface area contributed by atoms with Crippen LogP contribution < -0.4 is 5.32 Å². The first-order valence-electron chi connectivity index (χ1n) is 7.48.